The van der Waals surface area contributed by atoms with Gasteiger partial charge >= 0.3 is 0 Å². The van der Waals surface area contributed by atoms with Gasteiger partial charge in [0.15, 0.2) is 5.78 Å². The van der Waals surface area contributed by atoms with E-state index in [1.807, 2.05) is 35.2 Å². The van der Waals surface area contributed by atoms with Gasteiger partial charge in [0.1, 0.15) is 11.4 Å². The fourth-order valence-corrected chi connectivity index (χ4v) is 3.43. The molecule has 0 aliphatic carbocycles. The number of benzene rings is 1. The number of nitrogens with zero attached hydrogens (tertiary/aromatic N) is 2. The van der Waals surface area contributed by atoms with Gasteiger partial charge in [0.05, 0.1) is 13.7 Å². The van der Waals surface area contributed by atoms with Crippen molar-refractivity contribution in [3.8, 4) is 5.75 Å². The molecule has 1 amide bonds. The van der Waals surface area contributed by atoms with Crippen molar-refractivity contribution in [1.29, 1.82) is 0 Å². The molecule has 142 valence electrons. The van der Waals surface area contributed by atoms with Gasteiger partial charge in [-0.2, -0.15) is 0 Å². The number of piperidine rings is 1. The Bertz CT molecular complexity index is 779. The van der Waals surface area contributed by atoms with E-state index in [0.29, 0.717) is 25.3 Å². The van der Waals surface area contributed by atoms with Crippen LogP contribution in [0.2, 0.25) is 0 Å². The van der Waals surface area contributed by atoms with Crippen LogP contribution in [0, 0.1) is 5.92 Å². The number of carbonyl (C=O) groups excluding carboxylic acids is 2. The third-order valence-corrected chi connectivity index (χ3v) is 4.83. The zero-order chi connectivity index (χ0) is 19.1. The third-order valence-electron chi connectivity index (χ3n) is 4.83. The standard InChI is InChI=1S/C21H25N3O3/c1-27-19-10-3-2-7-16(19)13-23-20(25)15-24-12-6-8-17(14-24)21(26)18-9-4-5-11-22-18/h2-5,7,9-11,17H,6,8,12-15H2,1H3,(H,23,25)/t17-/m0/s1. The second-order valence-electron chi connectivity index (χ2n) is 6.74. The Morgan fingerprint density at radius 2 is 2.04 bits per heavy atom. The monoisotopic (exact) mass is 367 g/mol. The molecule has 3 rings (SSSR count). The van der Waals surface area contributed by atoms with Crippen molar-refractivity contribution >= 4 is 11.7 Å². The number of methoxy groups -OCH3 is 1. The molecule has 0 bridgehead atoms. The number of aromatic nitrogens is 1. The number of Topliss-reactive ketones (excluding diaryl/α,β-unsaturated/α-hetero) is 1. The summed E-state index contributed by atoms with van der Waals surface area (Å²) < 4.78 is 5.30. The molecular formula is C21H25N3O3. The van der Waals surface area contributed by atoms with Gasteiger partial charge in [-0.15, -0.1) is 0 Å². The number of nitrogens with one attached hydrogen (secondary N) is 1. The fraction of sp³-hybridized carbons (Fsp3) is 0.381. The van der Waals surface area contributed by atoms with Gasteiger partial charge in [-0.1, -0.05) is 24.3 Å². The van der Waals surface area contributed by atoms with Crippen LogP contribution in [0.5, 0.6) is 5.75 Å². The summed E-state index contributed by atoms with van der Waals surface area (Å²) in [5, 5.41) is 2.94. The van der Waals surface area contributed by atoms with Crippen LogP contribution in [0.4, 0.5) is 0 Å². The van der Waals surface area contributed by atoms with Crippen LogP contribution in [0.15, 0.2) is 48.7 Å². The lowest BCUT2D eigenvalue weighted by molar-refractivity contribution is -0.122. The topological polar surface area (TPSA) is 71.5 Å². The number of carbonyl (C=O) groups is 2. The van der Waals surface area contributed by atoms with Gasteiger partial charge in [-0.05, 0) is 37.6 Å². The number of amides is 1. The molecule has 1 saturated heterocycles. The summed E-state index contributed by atoms with van der Waals surface area (Å²) >= 11 is 0. The highest BCUT2D eigenvalue weighted by Crippen LogP contribution is 2.20. The predicted octanol–water partition coefficient (Wildman–Crippen LogP) is 2.30. The highest BCUT2D eigenvalue weighted by atomic mass is 16.5. The molecule has 1 aliphatic heterocycles. The number of pyridine rings is 1. The van der Waals surface area contributed by atoms with Gasteiger partial charge in [-0.25, -0.2) is 0 Å². The molecule has 1 atom stereocenters. The van der Waals surface area contributed by atoms with Crippen LogP contribution in [0.25, 0.3) is 0 Å². The average Bonchev–Trinajstić information content (AvgIpc) is 2.72. The van der Waals surface area contributed by atoms with E-state index in [1.165, 1.54) is 0 Å². The van der Waals surface area contributed by atoms with Crippen LogP contribution >= 0.6 is 0 Å². The van der Waals surface area contributed by atoms with Crippen molar-refractivity contribution in [2.75, 3.05) is 26.7 Å². The molecule has 6 heteroatoms. The molecule has 0 radical (unpaired) electrons. The first-order chi connectivity index (χ1) is 13.2. The number of ether oxygens (including phenoxy) is 1. The second kappa shape index (κ2) is 9.28. The van der Waals surface area contributed by atoms with Crippen LogP contribution in [-0.2, 0) is 11.3 Å². The van der Waals surface area contributed by atoms with E-state index in [-0.39, 0.29) is 17.6 Å². The molecule has 0 unspecified atom stereocenters. The normalized spacial score (nSPS) is 17.3. The maximum Gasteiger partial charge on any atom is 0.234 e. The van der Waals surface area contributed by atoms with Gasteiger partial charge in [0.2, 0.25) is 5.91 Å². The summed E-state index contributed by atoms with van der Waals surface area (Å²) in [5.41, 5.74) is 1.44. The molecule has 6 nitrogen and oxygen atoms in total. The summed E-state index contributed by atoms with van der Waals surface area (Å²) in [4.78, 5) is 31.2. The van der Waals surface area contributed by atoms with Crippen molar-refractivity contribution in [2.45, 2.75) is 19.4 Å². The highest BCUT2D eigenvalue weighted by Gasteiger charge is 2.28. The number of likely N-dealkylation sites (tertiary alicyclic amines) is 1. The van der Waals surface area contributed by atoms with E-state index >= 15 is 0 Å². The van der Waals surface area contributed by atoms with Crippen LogP contribution in [0.3, 0.4) is 0 Å². The van der Waals surface area contributed by atoms with Crippen LogP contribution in [0.1, 0.15) is 28.9 Å². The molecule has 2 heterocycles. The molecule has 27 heavy (non-hydrogen) atoms. The maximum absolute atomic E-state index is 12.6. The molecule has 1 fully saturated rings. The Morgan fingerprint density at radius 3 is 2.81 bits per heavy atom. The molecule has 1 aliphatic rings. The second-order valence-corrected chi connectivity index (χ2v) is 6.74. The quantitative estimate of drug-likeness (QED) is 0.761. The minimum absolute atomic E-state index is 0.0492. The van der Waals surface area contributed by atoms with E-state index in [0.717, 1.165) is 30.7 Å². The van der Waals surface area contributed by atoms with E-state index in [4.69, 9.17) is 4.74 Å². The Hall–Kier alpha value is -2.73. The summed E-state index contributed by atoms with van der Waals surface area (Å²) in [6.07, 6.45) is 3.39. The zero-order valence-corrected chi connectivity index (χ0v) is 15.6. The molecule has 1 aromatic carbocycles. The first-order valence-corrected chi connectivity index (χ1v) is 9.23. The molecular weight excluding hydrogens is 342 g/mol. The van der Waals surface area contributed by atoms with Crippen molar-refractivity contribution < 1.29 is 14.3 Å². The number of hydrogen-bond donors (Lipinski definition) is 1. The van der Waals surface area contributed by atoms with Crippen molar-refractivity contribution in [3.05, 3.63) is 59.9 Å². The van der Waals surface area contributed by atoms with Crippen LogP contribution in [-0.4, -0.2) is 48.3 Å². The lowest BCUT2D eigenvalue weighted by Gasteiger charge is -2.31. The minimum atomic E-state index is -0.101. The Labute approximate surface area is 159 Å². The van der Waals surface area contributed by atoms with Gasteiger partial charge in [-0.3, -0.25) is 19.5 Å². The number of rotatable bonds is 7. The SMILES string of the molecule is COc1ccccc1CNC(=O)CN1CCC[C@H](C(=O)c2ccccn2)C1. The van der Waals surface area contributed by atoms with E-state index in [2.05, 4.69) is 10.3 Å². The smallest absolute Gasteiger partial charge is 0.234 e. The fourth-order valence-electron chi connectivity index (χ4n) is 3.43. The Balaban J connectivity index is 1.51. The minimum Gasteiger partial charge on any atom is -0.496 e. The Kier molecular flexibility index (Phi) is 6.54. The number of ketones is 1. The highest BCUT2D eigenvalue weighted by molar-refractivity contribution is 5.96. The van der Waals surface area contributed by atoms with Crippen molar-refractivity contribution in [3.63, 3.8) is 0 Å². The van der Waals surface area contributed by atoms with E-state index < -0.39 is 0 Å². The van der Waals surface area contributed by atoms with Crippen LogP contribution < -0.4 is 10.1 Å². The van der Waals surface area contributed by atoms with E-state index in [9.17, 15) is 9.59 Å². The van der Waals surface area contributed by atoms with Crippen molar-refractivity contribution in [1.82, 2.24) is 15.2 Å². The third kappa shape index (κ3) is 5.14. The number of para-hydroxylation sites is 1. The first-order valence-electron chi connectivity index (χ1n) is 9.23. The molecule has 1 aromatic heterocycles. The lowest BCUT2D eigenvalue weighted by atomic mass is 9.92. The molecule has 0 spiro atoms. The zero-order valence-electron chi connectivity index (χ0n) is 15.6. The first kappa shape index (κ1) is 19.0. The van der Waals surface area contributed by atoms with Crippen molar-refractivity contribution in [2.24, 2.45) is 5.92 Å². The van der Waals surface area contributed by atoms with Gasteiger partial charge in [0, 0.05) is 30.8 Å². The summed E-state index contributed by atoms with van der Waals surface area (Å²) in [6, 6.07) is 13.0. The number of hydrogen-bond acceptors (Lipinski definition) is 5. The lowest BCUT2D eigenvalue weighted by Crippen LogP contribution is -2.44. The Morgan fingerprint density at radius 1 is 1.22 bits per heavy atom. The summed E-state index contributed by atoms with van der Waals surface area (Å²) in [5.74, 6) is 0.675. The predicted molar refractivity (Wildman–Crippen MR) is 103 cm³/mol. The molecule has 1 N–H and O–H groups in total. The average molecular weight is 367 g/mol. The largest absolute Gasteiger partial charge is 0.496 e. The van der Waals surface area contributed by atoms with Gasteiger partial charge < -0.3 is 10.1 Å². The summed E-state index contributed by atoms with van der Waals surface area (Å²) in [7, 11) is 1.62. The van der Waals surface area contributed by atoms with E-state index in [1.54, 1.807) is 25.4 Å². The molecule has 2 aromatic rings. The maximum atomic E-state index is 12.6. The summed E-state index contributed by atoms with van der Waals surface area (Å²) in [6.45, 7) is 2.14. The molecule has 0 saturated carbocycles. The van der Waals surface area contributed by atoms with Gasteiger partial charge in [0.25, 0.3) is 0 Å².